The molecule has 5 aliphatic rings. The van der Waals surface area contributed by atoms with Crippen LogP contribution in [0.15, 0.2) is 11.6 Å². The van der Waals surface area contributed by atoms with Gasteiger partial charge in [0.05, 0.1) is 6.10 Å². The number of rotatable bonds is 1. The zero-order chi connectivity index (χ0) is 20.8. The largest absolute Gasteiger partial charge is 0.458 e. The molecule has 158 valence electrons. The first-order valence-electron chi connectivity index (χ1n) is 11.3. The summed E-state index contributed by atoms with van der Waals surface area (Å²) in [5.41, 5.74) is 0.0580. The van der Waals surface area contributed by atoms with Crippen LogP contribution in [0.1, 0.15) is 72.1 Å². The van der Waals surface area contributed by atoms with E-state index in [0.29, 0.717) is 25.7 Å². The maximum atomic E-state index is 12.8. The number of aliphatic hydroxyl groups is 1. The van der Waals surface area contributed by atoms with Gasteiger partial charge in [-0.25, -0.2) is 0 Å². The number of hydrogen-bond donors (Lipinski definition) is 1. The van der Waals surface area contributed by atoms with Crippen molar-refractivity contribution >= 4 is 17.5 Å². The van der Waals surface area contributed by atoms with E-state index in [2.05, 4.69) is 13.8 Å². The van der Waals surface area contributed by atoms with Gasteiger partial charge in [0.1, 0.15) is 11.4 Å². The molecule has 5 rings (SSSR count). The highest BCUT2D eigenvalue weighted by Crippen LogP contribution is 2.70. The number of aliphatic hydroxyl groups excluding tert-OH is 1. The minimum absolute atomic E-state index is 0.0187. The Kier molecular flexibility index (Phi) is 4.05. The van der Waals surface area contributed by atoms with E-state index in [9.17, 15) is 19.5 Å². The van der Waals surface area contributed by atoms with Crippen molar-refractivity contribution in [2.75, 3.05) is 0 Å². The Hall–Kier alpha value is -1.49. The lowest BCUT2D eigenvalue weighted by Crippen LogP contribution is -2.62. The van der Waals surface area contributed by atoms with Crippen LogP contribution in [0, 0.1) is 34.5 Å². The number of hydrogen-bond acceptors (Lipinski definition) is 5. The Morgan fingerprint density at radius 2 is 1.93 bits per heavy atom. The molecule has 0 amide bonds. The van der Waals surface area contributed by atoms with Gasteiger partial charge in [-0.05, 0) is 74.7 Å². The Bertz CT molecular complexity index is 829. The van der Waals surface area contributed by atoms with Crippen molar-refractivity contribution in [2.24, 2.45) is 34.5 Å². The molecule has 1 saturated heterocycles. The molecule has 3 saturated carbocycles. The zero-order valence-electron chi connectivity index (χ0n) is 17.7. The molecule has 29 heavy (non-hydrogen) atoms. The fourth-order valence-electron chi connectivity index (χ4n) is 8.37. The predicted octanol–water partition coefficient (Wildman–Crippen LogP) is 3.38. The third-order valence-electron chi connectivity index (χ3n) is 9.81. The number of carbonyl (C=O) groups is 3. The first-order valence-corrected chi connectivity index (χ1v) is 11.3. The molecule has 4 aliphatic carbocycles. The van der Waals surface area contributed by atoms with Crippen molar-refractivity contribution in [1.29, 1.82) is 0 Å². The van der Waals surface area contributed by atoms with Crippen molar-refractivity contribution < 1.29 is 24.2 Å². The lowest BCUT2D eigenvalue weighted by Gasteiger charge is -2.62. The van der Waals surface area contributed by atoms with Gasteiger partial charge in [0.2, 0.25) is 0 Å². The van der Waals surface area contributed by atoms with E-state index in [4.69, 9.17) is 4.74 Å². The van der Waals surface area contributed by atoms with Gasteiger partial charge in [-0.3, -0.25) is 14.4 Å². The third kappa shape index (κ3) is 2.40. The molecular weight excluding hydrogens is 368 g/mol. The van der Waals surface area contributed by atoms with Crippen molar-refractivity contribution in [3.8, 4) is 0 Å². The van der Waals surface area contributed by atoms with Crippen molar-refractivity contribution in [2.45, 2.75) is 83.8 Å². The van der Waals surface area contributed by atoms with Gasteiger partial charge in [-0.2, -0.15) is 0 Å². The van der Waals surface area contributed by atoms with Crippen LogP contribution >= 0.6 is 0 Å². The molecule has 0 aromatic heterocycles. The summed E-state index contributed by atoms with van der Waals surface area (Å²) in [6.45, 7) is 6.05. The summed E-state index contributed by atoms with van der Waals surface area (Å²) >= 11 is 0. The molecule has 5 heteroatoms. The smallest absolute Gasteiger partial charge is 0.306 e. The molecule has 1 aliphatic heterocycles. The molecule has 8 atom stereocenters. The molecule has 1 heterocycles. The number of ketones is 2. The first kappa shape index (κ1) is 19.5. The van der Waals surface area contributed by atoms with Crippen LogP contribution in [0.25, 0.3) is 0 Å². The molecule has 0 aromatic carbocycles. The summed E-state index contributed by atoms with van der Waals surface area (Å²) in [5, 5.41) is 11.5. The van der Waals surface area contributed by atoms with Crippen LogP contribution in [0.4, 0.5) is 0 Å². The van der Waals surface area contributed by atoms with Gasteiger partial charge < -0.3 is 9.84 Å². The Balaban J connectivity index is 1.62. The van der Waals surface area contributed by atoms with E-state index < -0.39 is 11.7 Å². The van der Waals surface area contributed by atoms with Gasteiger partial charge in [-0.1, -0.05) is 19.4 Å². The summed E-state index contributed by atoms with van der Waals surface area (Å²) in [4.78, 5) is 37.0. The van der Waals surface area contributed by atoms with Crippen LogP contribution < -0.4 is 0 Å². The van der Waals surface area contributed by atoms with E-state index in [0.717, 1.165) is 31.3 Å². The average molecular weight is 401 g/mol. The Labute approximate surface area is 172 Å². The molecule has 7 unspecified atom stereocenters. The first-order chi connectivity index (χ1) is 13.6. The third-order valence-corrected chi connectivity index (χ3v) is 9.81. The van der Waals surface area contributed by atoms with Gasteiger partial charge >= 0.3 is 5.97 Å². The normalized spacial score (nSPS) is 51.2. The Morgan fingerprint density at radius 3 is 2.59 bits per heavy atom. The fourth-order valence-corrected chi connectivity index (χ4v) is 8.37. The summed E-state index contributed by atoms with van der Waals surface area (Å²) in [6, 6.07) is 0. The molecule has 0 aromatic rings. The molecule has 1 N–H and O–H groups in total. The molecular formula is C24H32O5. The lowest BCUT2D eigenvalue weighted by molar-refractivity contribution is -0.192. The van der Waals surface area contributed by atoms with Crippen molar-refractivity contribution in [3.63, 3.8) is 0 Å². The average Bonchev–Trinajstić information content (AvgIpc) is 3.15. The fraction of sp³-hybridized carbons (Fsp3) is 0.792. The number of carbonyl (C=O) groups excluding carboxylic acids is 3. The topological polar surface area (TPSA) is 80.7 Å². The maximum Gasteiger partial charge on any atom is 0.306 e. The monoisotopic (exact) mass is 400 g/mol. The number of Topliss-reactive ketones (excluding diaryl/α,β-unsaturated/α-hetero) is 1. The standard InChI is InChI=1S/C24H32O5/c1-13(25)16-11-14-10-15(26)4-7-22(14,2)21-18(27)12-23(3)17(20(16)21)5-8-24(23)9-6-19(28)29-24/h10,16-18,20-21,27H,4-9,11-12H2,1-3H3/t16?,17?,18?,20?,21?,22?,23?,24-/m1/s1. The van der Waals surface area contributed by atoms with Crippen LogP contribution in [-0.2, 0) is 19.1 Å². The zero-order valence-corrected chi connectivity index (χ0v) is 17.7. The van der Waals surface area contributed by atoms with Gasteiger partial charge in [0.15, 0.2) is 5.78 Å². The summed E-state index contributed by atoms with van der Waals surface area (Å²) in [7, 11) is 0. The number of allylic oxidation sites excluding steroid dienone is 1. The van der Waals surface area contributed by atoms with Crippen LogP contribution in [0.3, 0.4) is 0 Å². The summed E-state index contributed by atoms with van der Waals surface area (Å²) in [6.07, 6.45) is 6.67. The van der Waals surface area contributed by atoms with Gasteiger partial charge in [0, 0.05) is 24.2 Å². The van der Waals surface area contributed by atoms with E-state index >= 15 is 0 Å². The summed E-state index contributed by atoms with van der Waals surface area (Å²) < 4.78 is 5.96. The predicted molar refractivity (Wildman–Crippen MR) is 106 cm³/mol. The van der Waals surface area contributed by atoms with E-state index in [1.165, 1.54) is 0 Å². The maximum absolute atomic E-state index is 12.8. The molecule has 0 bridgehead atoms. The number of ether oxygens (including phenoxy) is 1. The van der Waals surface area contributed by atoms with E-state index in [1.54, 1.807) is 13.0 Å². The van der Waals surface area contributed by atoms with Gasteiger partial charge in [-0.15, -0.1) is 0 Å². The minimum Gasteiger partial charge on any atom is -0.458 e. The van der Waals surface area contributed by atoms with Crippen LogP contribution in [0.2, 0.25) is 0 Å². The highest BCUT2D eigenvalue weighted by atomic mass is 16.6. The van der Waals surface area contributed by atoms with Crippen LogP contribution in [0.5, 0.6) is 0 Å². The Morgan fingerprint density at radius 1 is 1.17 bits per heavy atom. The molecule has 1 spiro atoms. The summed E-state index contributed by atoms with van der Waals surface area (Å²) in [5.74, 6) is 0.319. The molecule has 4 fully saturated rings. The molecule has 5 nitrogen and oxygen atoms in total. The van der Waals surface area contributed by atoms with Gasteiger partial charge in [0.25, 0.3) is 0 Å². The highest BCUT2D eigenvalue weighted by Gasteiger charge is 2.70. The number of fused-ring (bicyclic) bond motifs is 6. The second kappa shape index (κ2) is 6.03. The van der Waals surface area contributed by atoms with Crippen LogP contribution in [-0.4, -0.2) is 34.3 Å². The second-order valence-corrected chi connectivity index (χ2v) is 10.9. The molecule has 0 radical (unpaired) electrons. The highest BCUT2D eigenvalue weighted by molar-refractivity contribution is 5.92. The quantitative estimate of drug-likeness (QED) is 0.683. The van der Waals surface area contributed by atoms with Crippen molar-refractivity contribution in [1.82, 2.24) is 0 Å². The van der Waals surface area contributed by atoms with E-state index in [-0.39, 0.29) is 52.0 Å². The van der Waals surface area contributed by atoms with E-state index in [1.807, 2.05) is 0 Å². The lowest BCUT2D eigenvalue weighted by atomic mass is 9.43. The van der Waals surface area contributed by atoms with Crippen molar-refractivity contribution in [3.05, 3.63) is 11.6 Å². The minimum atomic E-state index is -0.556. The number of esters is 1. The second-order valence-electron chi connectivity index (χ2n) is 10.9. The SMILES string of the molecule is CC(=O)C1CC2=CC(=O)CCC2(C)C2C(O)CC3(C)C(CC[C@@]34CCC(=O)O4)C12.